The molecule has 0 unspecified atom stereocenters. The van der Waals surface area contributed by atoms with Crippen molar-refractivity contribution in [3.63, 3.8) is 0 Å². The van der Waals surface area contributed by atoms with E-state index in [2.05, 4.69) is 97.7 Å². The maximum atomic E-state index is 5.60. The number of hydrogen-bond donors (Lipinski definition) is 0. The predicted molar refractivity (Wildman–Crippen MR) is 118 cm³/mol. The van der Waals surface area contributed by atoms with Crippen molar-refractivity contribution in [3.8, 4) is 16.9 Å². The molecule has 1 aliphatic rings. The lowest BCUT2D eigenvalue weighted by Gasteiger charge is -2.17. The van der Waals surface area contributed by atoms with Gasteiger partial charge in [0.05, 0.1) is 6.61 Å². The molecular formula is C26H27NO. The van der Waals surface area contributed by atoms with Crippen LogP contribution in [-0.2, 0) is 13.0 Å². The molecule has 0 amide bonds. The van der Waals surface area contributed by atoms with E-state index < -0.39 is 0 Å². The van der Waals surface area contributed by atoms with Gasteiger partial charge in [0.25, 0.3) is 0 Å². The highest BCUT2D eigenvalue weighted by molar-refractivity contribution is 5.66. The van der Waals surface area contributed by atoms with Crippen molar-refractivity contribution in [2.45, 2.75) is 19.9 Å². The first-order chi connectivity index (χ1) is 13.7. The second kappa shape index (κ2) is 8.45. The molecule has 142 valence electrons. The smallest absolute Gasteiger partial charge is 0.122 e. The summed E-state index contributed by atoms with van der Waals surface area (Å²) in [5.74, 6) is 1.06. The Hall–Kier alpha value is -2.84. The Morgan fingerprint density at radius 2 is 1.71 bits per heavy atom. The van der Waals surface area contributed by atoms with Crippen LogP contribution in [0.2, 0.25) is 0 Å². The molecule has 3 aromatic rings. The zero-order valence-corrected chi connectivity index (χ0v) is 16.7. The highest BCUT2D eigenvalue weighted by Crippen LogP contribution is 2.26. The summed E-state index contributed by atoms with van der Waals surface area (Å²) >= 11 is 0. The van der Waals surface area contributed by atoms with Gasteiger partial charge >= 0.3 is 0 Å². The Balaban J connectivity index is 1.37. The van der Waals surface area contributed by atoms with Crippen molar-refractivity contribution in [1.29, 1.82) is 0 Å². The molecule has 0 saturated carbocycles. The van der Waals surface area contributed by atoms with Gasteiger partial charge in [0, 0.05) is 19.5 Å². The van der Waals surface area contributed by atoms with Gasteiger partial charge in [0.2, 0.25) is 0 Å². The van der Waals surface area contributed by atoms with Crippen molar-refractivity contribution in [2.24, 2.45) is 0 Å². The van der Waals surface area contributed by atoms with Gasteiger partial charge in [-0.1, -0.05) is 78.4 Å². The molecule has 0 saturated heterocycles. The van der Waals surface area contributed by atoms with Gasteiger partial charge in [0.1, 0.15) is 5.75 Å². The first-order valence-corrected chi connectivity index (χ1v) is 9.93. The number of hydrogen-bond acceptors (Lipinski definition) is 2. The minimum Gasteiger partial charge on any atom is -0.493 e. The van der Waals surface area contributed by atoms with Crippen LogP contribution in [0.15, 0.2) is 78.4 Å². The lowest BCUT2D eigenvalue weighted by molar-refractivity contribution is 0.353. The zero-order chi connectivity index (χ0) is 19.3. The van der Waals surface area contributed by atoms with Gasteiger partial charge in [-0.05, 0) is 47.9 Å². The zero-order valence-electron chi connectivity index (χ0n) is 16.7. The molecule has 0 bridgehead atoms. The van der Waals surface area contributed by atoms with Crippen LogP contribution in [0, 0.1) is 0 Å². The molecule has 0 fully saturated rings. The van der Waals surface area contributed by atoms with E-state index in [4.69, 9.17) is 4.74 Å². The summed E-state index contributed by atoms with van der Waals surface area (Å²) in [5, 5.41) is 0. The molecule has 0 radical (unpaired) electrons. The Kier molecular flexibility index (Phi) is 5.59. The van der Waals surface area contributed by atoms with Crippen molar-refractivity contribution in [1.82, 2.24) is 4.90 Å². The monoisotopic (exact) mass is 369 g/mol. The van der Waals surface area contributed by atoms with Crippen LogP contribution in [0.4, 0.5) is 0 Å². The standard InChI is InChI=1S/C26H27NO/c1-20(16-21-8-11-24(12-9-21)23-6-4-3-5-7-23)18-27(2)19-22-10-13-26-25(17-22)14-15-28-26/h3-13,16-17H,14-15,18-19H2,1-2H3. The summed E-state index contributed by atoms with van der Waals surface area (Å²) in [6.07, 6.45) is 3.31. The Bertz CT molecular complexity index is 957. The van der Waals surface area contributed by atoms with Crippen LogP contribution in [0.3, 0.4) is 0 Å². The molecule has 0 atom stereocenters. The summed E-state index contributed by atoms with van der Waals surface area (Å²) < 4.78 is 5.60. The van der Waals surface area contributed by atoms with Crippen molar-refractivity contribution in [2.75, 3.05) is 20.2 Å². The molecular weight excluding hydrogens is 342 g/mol. The minimum atomic E-state index is 0.819. The van der Waals surface area contributed by atoms with E-state index in [-0.39, 0.29) is 0 Å². The average molecular weight is 370 g/mol. The third kappa shape index (κ3) is 4.52. The van der Waals surface area contributed by atoms with Crippen LogP contribution >= 0.6 is 0 Å². The van der Waals surface area contributed by atoms with Gasteiger partial charge in [-0.15, -0.1) is 0 Å². The van der Waals surface area contributed by atoms with Crippen molar-refractivity contribution in [3.05, 3.63) is 95.1 Å². The number of ether oxygens (including phenoxy) is 1. The molecule has 1 aliphatic heterocycles. The summed E-state index contributed by atoms with van der Waals surface area (Å²) in [6.45, 7) is 4.93. The second-order valence-corrected chi connectivity index (χ2v) is 7.69. The molecule has 0 N–H and O–H groups in total. The topological polar surface area (TPSA) is 12.5 Å². The summed E-state index contributed by atoms with van der Waals surface area (Å²) in [5.41, 5.74) is 7.82. The number of nitrogens with zero attached hydrogens (tertiary/aromatic N) is 1. The lowest BCUT2D eigenvalue weighted by atomic mass is 10.0. The molecule has 3 aromatic carbocycles. The molecule has 0 spiro atoms. The second-order valence-electron chi connectivity index (χ2n) is 7.69. The number of likely N-dealkylation sites (N-methyl/N-ethyl adjacent to an activating group) is 1. The molecule has 2 nitrogen and oxygen atoms in total. The van der Waals surface area contributed by atoms with Crippen LogP contribution < -0.4 is 4.74 Å². The van der Waals surface area contributed by atoms with E-state index in [9.17, 15) is 0 Å². The maximum absolute atomic E-state index is 5.60. The maximum Gasteiger partial charge on any atom is 0.122 e. The minimum absolute atomic E-state index is 0.819. The van der Waals surface area contributed by atoms with Crippen LogP contribution in [-0.4, -0.2) is 25.1 Å². The largest absolute Gasteiger partial charge is 0.493 e. The Morgan fingerprint density at radius 3 is 2.50 bits per heavy atom. The van der Waals surface area contributed by atoms with Gasteiger partial charge in [-0.2, -0.15) is 0 Å². The van der Waals surface area contributed by atoms with E-state index >= 15 is 0 Å². The fourth-order valence-electron chi connectivity index (χ4n) is 3.86. The SMILES string of the molecule is CC(=Cc1ccc(-c2ccccc2)cc1)CN(C)Cc1ccc2c(c1)CCO2. The number of rotatable bonds is 6. The van der Waals surface area contributed by atoms with Crippen LogP contribution in [0.25, 0.3) is 17.2 Å². The van der Waals surface area contributed by atoms with Crippen LogP contribution in [0.1, 0.15) is 23.6 Å². The molecule has 1 heterocycles. The van der Waals surface area contributed by atoms with E-state index in [1.54, 1.807) is 0 Å². The quantitative estimate of drug-likeness (QED) is 0.542. The fraction of sp³-hybridized carbons (Fsp3) is 0.231. The first kappa shape index (κ1) is 18.5. The lowest BCUT2D eigenvalue weighted by Crippen LogP contribution is -2.19. The van der Waals surface area contributed by atoms with E-state index in [1.165, 1.54) is 33.4 Å². The van der Waals surface area contributed by atoms with Gasteiger partial charge < -0.3 is 4.74 Å². The number of benzene rings is 3. The average Bonchev–Trinajstić information content (AvgIpc) is 3.17. The predicted octanol–water partition coefficient (Wildman–Crippen LogP) is 5.82. The van der Waals surface area contributed by atoms with Crippen molar-refractivity contribution >= 4 is 6.08 Å². The normalized spacial score (nSPS) is 13.5. The summed E-state index contributed by atoms with van der Waals surface area (Å²) in [4.78, 5) is 2.36. The highest BCUT2D eigenvalue weighted by atomic mass is 16.5. The van der Waals surface area contributed by atoms with Crippen molar-refractivity contribution < 1.29 is 4.74 Å². The van der Waals surface area contributed by atoms with E-state index in [1.807, 2.05) is 0 Å². The van der Waals surface area contributed by atoms with E-state index in [0.29, 0.717) is 0 Å². The third-order valence-corrected chi connectivity index (χ3v) is 5.16. The highest BCUT2D eigenvalue weighted by Gasteiger charge is 2.12. The molecule has 0 aromatic heterocycles. The first-order valence-electron chi connectivity index (χ1n) is 9.93. The fourth-order valence-corrected chi connectivity index (χ4v) is 3.86. The Morgan fingerprint density at radius 1 is 0.964 bits per heavy atom. The molecule has 28 heavy (non-hydrogen) atoms. The number of fused-ring (bicyclic) bond motifs is 1. The molecule has 0 aliphatic carbocycles. The van der Waals surface area contributed by atoms with Gasteiger partial charge in [-0.3, -0.25) is 4.90 Å². The van der Waals surface area contributed by atoms with Crippen LogP contribution in [0.5, 0.6) is 5.75 Å². The van der Waals surface area contributed by atoms with Gasteiger partial charge in [-0.25, -0.2) is 0 Å². The Labute approximate surface area is 168 Å². The van der Waals surface area contributed by atoms with E-state index in [0.717, 1.165) is 31.9 Å². The summed E-state index contributed by atoms with van der Waals surface area (Å²) in [7, 11) is 2.18. The third-order valence-electron chi connectivity index (χ3n) is 5.16. The van der Waals surface area contributed by atoms with Gasteiger partial charge in [0.15, 0.2) is 0 Å². The molecule has 2 heteroatoms. The molecule has 4 rings (SSSR count). The summed E-state index contributed by atoms with van der Waals surface area (Å²) in [6, 6.07) is 25.9.